The van der Waals surface area contributed by atoms with E-state index in [1.165, 1.54) is 12.1 Å². The van der Waals surface area contributed by atoms with Crippen molar-refractivity contribution in [3.05, 3.63) is 45.4 Å². The van der Waals surface area contributed by atoms with Gasteiger partial charge in [-0.1, -0.05) is 6.92 Å². The van der Waals surface area contributed by atoms with Gasteiger partial charge < -0.3 is 4.74 Å². The molecule has 4 nitrogen and oxygen atoms in total. The first kappa shape index (κ1) is 14.5. The quantitative estimate of drug-likeness (QED) is 0.859. The van der Waals surface area contributed by atoms with Crippen LogP contribution in [0.2, 0.25) is 0 Å². The zero-order valence-electron chi connectivity index (χ0n) is 11.2. The Balaban J connectivity index is 2.17. The van der Waals surface area contributed by atoms with Gasteiger partial charge in [0, 0.05) is 7.05 Å². The summed E-state index contributed by atoms with van der Waals surface area (Å²) in [5.74, 6) is -0.423. The molecule has 0 bridgehead atoms. The lowest BCUT2D eigenvalue weighted by Gasteiger charge is -2.08. The lowest BCUT2D eigenvalue weighted by atomic mass is 10.2. The van der Waals surface area contributed by atoms with E-state index < -0.39 is 5.82 Å². The molecule has 1 aromatic carbocycles. The standard InChI is InChI=1S/C14H13BrFN3O/c1-3-11-14(15)12(19(2)18-11)8-20-13-5-4-9(7-17)6-10(13)16/h4-6H,3,8H2,1-2H3. The minimum Gasteiger partial charge on any atom is -0.484 e. The van der Waals surface area contributed by atoms with Crippen molar-refractivity contribution in [3.63, 3.8) is 0 Å². The Morgan fingerprint density at radius 2 is 2.25 bits per heavy atom. The van der Waals surface area contributed by atoms with E-state index in [9.17, 15) is 4.39 Å². The van der Waals surface area contributed by atoms with Crippen molar-refractivity contribution in [2.24, 2.45) is 7.05 Å². The maximum atomic E-state index is 13.7. The summed E-state index contributed by atoms with van der Waals surface area (Å²) in [4.78, 5) is 0. The third-order valence-corrected chi connectivity index (χ3v) is 3.84. The number of hydrogen-bond donors (Lipinski definition) is 0. The van der Waals surface area contributed by atoms with Crippen LogP contribution in [0.1, 0.15) is 23.9 Å². The first-order valence-corrected chi connectivity index (χ1v) is 6.88. The molecule has 20 heavy (non-hydrogen) atoms. The van der Waals surface area contributed by atoms with Crippen LogP contribution < -0.4 is 4.74 Å². The predicted molar refractivity (Wildman–Crippen MR) is 75.7 cm³/mol. The third-order valence-electron chi connectivity index (χ3n) is 2.93. The van der Waals surface area contributed by atoms with Crippen molar-refractivity contribution in [1.82, 2.24) is 9.78 Å². The topological polar surface area (TPSA) is 50.8 Å². The van der Waals surface area contributed by atoms with E-state index in [-0.39, 0.29) is 17.9 Å². The van der Waals surface area contributed by atoms with E-state index >= 15 is 0 Å². The number of aryl methyl sites for hydroxylation is 2. The minimum atomic E-state index is -0.543. The molecule has 2 rings (SSSR count). The Morgan fingerprint density at radius 1 is 1.50 bits per heavy atom. The molecule has 1 aromatic heterocycles. The Hall–Kier alpha value is -1.87. The Morgan fingerprint density at radius 3 is 2.80 bits per heavy atom. The normalized spacial score (nSPS) is 10.3. The summed E-state index contributed by atoms with van der Waals surface area (Å²) < 4.78 is 21.8. The van der Waals surface area contributed by atoms with Gasteiger partial charge in [0.1, 0.15) is 6.61 Å². The third kappa shape index (κ3) is 2.83. The van der Waals surface area contributed by atoms with Gasteiger partial charge >= 0.3 is 0 Å². The fourth-order valence-corrected chi connectivity index (χ4v) is 2.54. The fourth-order valence-electron chi connectivity index (χ4n) is 1.81. The summed E-state index contributed by atoms with van der Waals surface area (Å²) in [6.07, 6.45) is 0.805. The lowest BCUT2D eigenvalue weighted by molar-refractivity contribution is 0.279. The summed E-state index contributed by atoms with van der Waals surface area (Å²) in [7, 11) is 1.82. The number of rotatable bonds is 4. The Kier molecular flexibility index (Phi) is 4.40. The molecule has 104 valence electrons. The predicted octanol–water partition coefficient (Wildman–Crippen LogP) is 3.33. The number of hydrogen-bond acceptors (Lipinski definition) is 3. The molecule has 0 N–H and O–H groups in total. The van der Waals surface area contributed by atoms with Crippen molar-refractivity contribution in [1.29, 1.82) is 5.26 Å². The summed E-state index contributed by atoms with van der Waals surface area (Å²) in [5, 5.41) is 13.0. The van der Waals surface area contributed by atoms with E-state index in [4.69, 9.17) is 10.00 Å². The summed E-state index contributed by atoms with van der Waals surface area (Å²) in [6.45, 7) is 2.21. The first-order chi connectivity index (χ1) is 9.56. The van der Waals surface area contributed by atoms with Crippen LogP contribution in [0.5, 0.6) is 5.75 Å². The van der Waals surface area contributed by atoms with Gasteiger partial charge in [-0.25, -0.2) is 4.39 Å². The van der Waals surface area contributed by atoms with Crippen molar-refractivity contribution in [3.8, 4) is 11.8 Å². The van der Waals surface area contributed by atoms with Gasteiger partial charge in [-0.05, 0) is 40.5 Å². The number of benzene rings is 1. The molecule has 0 unspecified atom stereocenters. The van der Waals surface area contributed by atoms with E-state index in [1.807, 2.05) is 20.0 Å². The molecule has 0 fully saturated rings. The highest BCUT2D eigenvalue weighted by molar-refractivity contribution is 9.10. The monoisotopic (exact) mass is 337 g/mol. The molecule has 6 heteroatoms. The van der Waals surface area contributed by atoms with Crippen LogP contribution in [0.15, 0.2) is 22.7 Å². The SMILES string of the molecule is CCc1nn(C)c(COc2ccc(C#N)cc2F)c1Br. The lowest BCUT2D eigenvalue weighted by Crippen LogP contribution is -2.04. The van der Waals surface area contributed by atoms with Crippen molar-refractivity contribution >= 4 is 15.9 Å². The molecular formula is C14H13BrFN3O. The van der Waals surface area contributed by atoms with Gasteiger partial charge in [0.15, 0.2) is 11.6 Å². The highest BCUT2D eigenvalue weighted by Gasteiger charge is 2.14. The number of ether oxygens (including phenoxy) is 1. The molecule has 0 amide bonds. The number of halogens is 2. The second-order valence-corrected chi connectivity index (χ2v) is 5.02. The Bertz CT molecular complexity index is 676. The fraction of sp³-hybridized carbons (Fsp3) is 0.286. The molecule has 2 aromatic rings. The minimum absolute atomic E-state index is 0.121. The molecule has 0 radical (unpaired) electrons. The maximum absolute atomic E-state index is 13.7. The molecule has 0 aliphatic carbocycles. The van der Waals surface area contributed by atoms with E-state index in [0.29, 0.717) is 0 Å². The van der Waals surface area contributed by atoms with Crippen LogP contribution >= 0.6 is 15.9 Å². The molecular weight excluding hydrogens is 325 g/mol. The average Bonchev–Trinajstić information content (AvgIpc) is 2.72. The number of nitriles is 1. The highest BCUT2D eigenvalue weighted by Crippen LogP contribution is 2.24. The molecule has 1 heterocycles. The molecule has 0 saturated carbocycles. The molecule has 0 aliphatic rings. The number of aromatic nitrogens is 2. The van der Waals surface area contributed by atoms with Crippen LogP contribution in [0.3, 0.4) is 0 Å². The second kappa shape index (κ2) is 6.06. The second-order valence-electron chi connectivity index (χ2n) is 4.23. The summed E-state index contributed by atoms with van der Waals surface area (Å²) in [6, 6.07) is 6.02. The van der Waals surface area contributed by atoms with Gasteiger partial charge in [0.05, 0.1) is 27.5 Å². The molecule has 0 aliphatic heterocycles. The zero-order valence-corrected chi connectivity index (χ0v) is 12.7. The van der Waals surface area contributed by atoms with Gasteiger partial charge in [-0.15, -0.1) is 0 Å². The largest absolute Gasteiger partial charge is 0.484 e. The highest BCUT2D eigenvalue weighted by atomic mass is 79.9. The molecule has 0 spiro atoms. The Labute approximate surface area is 124 Å². The van der Waals surface area contributed by atoms with E-state index in [1.54, 1.807) is 4.68 Å². The maximum Gasteiger partial charge on any atom is 0.166 e. The smallest absolute Gasteiger partial charge is 0.166 e. The first-order valence-electron chi connectivity index (χ1n) is 6.09. The van der Waals surface area contributed by atoms with Crippen LogP contribution in [-0.4, -0.2) is 9.78 Å². The van der Waals surface area contributed by atoms with Gasteiger partial charge in [-0.3, -0.25) is 4.68 Å². The molecule has 0 saturated heterocycles. The summed E-state index contributed by atoms with van der Waals surface area (Å²) in [5.41, 5.74) is 2.04. The average molecular weight is 338 g/mol. The van der Waals surface area contributed by atoms with Crippen molar-refractivity contribution < 1.29 is 9.13 Å². The van der Waals surface area contributed by atoms with E-state index in [2.05, 4.69) is 21.0 Å². The summed E-state index contributed by atoms with van der Waals surface area (Å²) >= 11 is 3.48. The van der Waals surface area contributed by atoms with Gasteiger partial charge in [-0.2, -0.15) is 10.4 Å². The zero-order chi connectivity index (χ0) is 14.7. The van der Waals surface area contributed by atoms with Crippen LogP contribution in [0.25, 0.3) is 0 Å². The van der Waals surface area contributed by atoms with Crippen molar-refractivity contribution in [2.45, 2.75) is 20.0 Å². The van der Waals surface area contributed by atoms with Crippen LogP contribution in [0, 0.1) is 17.1 Å². The van der Waals surface area contributed by atoms with Crippen LogP contribution in [-0.2, 0) is 20.1 Å². The van der Waals surface area contributed by atoms with E-state index in [0.717, 1.165) is 28.3 Å². The van der Waals surface area contributed by atoms with Crippen molar-refractivity contribution in [2.75, 3.05) is 0 Å². The molecule has 0 atom stereocenters. The van der Waals surface area contributed by atoms with Gasteiger partial charge in [0.2, 0.25) is 0 Å². The van der Waals surface area contributed by atoms with Gasteiger partial charge in [0.25, 0.3) is 0 Å². The number of nitrogens with zero attached hydrogens (tertiary/aromatic N) is 3. The van der Waals surface area contributed by atoms with Crippen LogP contribution in [0.4, 0.5) is 4.39 Å².